The molecule has 2 fully saturated rings. The van der Waals surface area contributed by atoms with Crippen molar-refractivity contribution in [2.75, 3.05) is 33.8 Å². The first-order valence-corrected chi connectivity index (χ1v) is 9.02. The summed E-state index contributed by atoms with van der Waals surface area (Å²) >= 11 is 0. The Morgan fingerprint density at radius 3 is 2.58 bits per heavy atom. The van der Waals surface area contributed by atoms with Crippen LogP contribution < -0.4 is 10.1 Å². The number of methoxy groups -OCH3 is 1. The van der Waals surface area contributed by atoms with Crippen molar-refractivity contribution in [1.82, 2.24) is 10.2 Å². The Kier molecular flexibility index (Phi) is 5.48. The minimum absolute atomic E-state index is 0.290. The van der Waals surface area contributed by atoms with Crippen LogP contribution in [0.5, 0.6) is 11.5 Å². The van der Waals surface area contributed by atoms with Crippen LogP contribution in [0, 0.1) is 11.8 Å². The zero-order chi connectivity index (χ0) is 16.9. The van der Waals surface area contributed by atoms with Gasteiger partial charge < -0.3 is 20.1 Å². The van der Waals surface area contributed by atoms with E-state index in [4.69, 9.17) is 4.74 Å². The number of aliphatic imine (C=N–C) groups is 1. The molecular formula is C19H29N3O2. The van der Waals surface area contributed by atoms with Gasteiger partial charge in [0.25, 0.3) is 0 Å². The van der Waals surface area contributed by atoms with Crippen LogP contribution in [0.2, 0.25) is 0 Å². The molecule has 0 bridgehead atoms. The molecule has 0 radical (unpaired) electrons. The van der Waals surface area contributed by atoms with Gasteiger partial charge in [0.05, 0.1) is 7.11 Å². The van der Waals surface area contributed by atoms with Crippen molar-refractivity contribution < 1.29 is 9.84 Å². The van der Waals surface area contributed by atoms with Gasteiger partial charge in [-0.15, -0.1) is 0 Å². The van der Waals surface area contributed by atoms with Crippen LogP contribution >= 0.6 is 0 Å². The average molecular weight is 331 g/mol. The summed E-state index contributed by atoms with van der Waals surface area (Å²) in [7, 11) is 3.46. The van der Waals surface area contributed by atoms with Crippen molar-refractivity contribution in [3.63, 3.8) is 0 Å². The molecule has 1 aliphatic heterocycles. The Morgan fingerprint density at radius 2 is 2.00 bits per heavy atom. The number of fused-ring (bicyclic) bond motifs is 1. The third-order valence-corrected chi connectivity index (χ3v) is 5.46. The van der Waals surface area contributed by atoms with E-state index in [0.29, 0.717) is 11.5 Å². The SMILES string of the molecule is CN=C(NCCc1ccc(OC)cc1O)N1CC2CCCCC2C1. The Balaban J connectivity index is 1.52. The van der Waals surface area contributed by atoms with Crippen molar-refractivity contribution in [2.24, 2.45) is 16.8 Å². The molecular weight excluding hydrogens is 302 g/mol. The average Bonchev–Trinajstić information content (AvgIpc) is 3.03. The zero-order valence-corrected chi connectivity index (χ0v) is 14.8. The quantitative estimate of drug-likeness (QED) is 0.658. The number of rotatable bonds is 4. The molecule has 0 amide bonds. The summed E-state index contributed by atoms with van der Waals surface area (Å²) in [4.78, 5) is 6.87. The molecule has 2 unspecified atom stereocenters. The fraction of sp³-hybridized carbons (Fsp3) is 0.632. The highest BCUT2D eigenvalue weighted by Crippen LogP contribution is 2.35. The van der Waals surface area contributed by atoms with Gasteiger partial charge in [0.15, 0.2) is 5.96 Å². The standard InChI is InChI=1S/C19H29N3O2/c1-20-19(22-12-15-5-3-4-6-16(15)13-22)21-10-9-14-7-8-17(24-2)11-18(14)23/h7-8,11,15-16,23H,3-6,9-10,12-13H2,1-2H3,(H,20,21). The zero-order valence-electron chi connectivity index (χ0n) is 14.8. The van der Waals surface area contributed by atoms with Crippen LogP contribution in [0.25, 0.3) is 0 Å². The third kappa shape index (κ3) is 3.77. The van der Waals surface area contributed by atoms with Gasteiger partial charge >= 0.3 is 0 Å². The van der Waals surface area contributed by atoms with Gasteiger partial charge in [-0.2, -0.15) is 0 Å². The highest BCUT2D eigenvalue weighted by atomic mass is 16.5. The maximum atomic E-state index is 10.0. The molecule has 0 aromatic heterocycles. The number of benzene rings is 1. The molecule has 5 nitrogen and oxygen atoms in total. The fourth-order valence-corrected chi connectivity index (χ4v) is 4.10. The minimum Gasteiger partial charge on any atom is -0.508 e. The molecule has 1 heterocycles. The van der Waals surface area contributed by atoms with E-state index in [9.17, 15) is 5.11 Å². The monoisotopic (exact) mass is 331 g/mol. The summed E-state index contributed by atoms with van der Waals surface area (Å²) in [5.41, 5.74) is 0.925. The van der Waals surface area contributed by atoms with E-state index in [1.165, 1.54) is 25.7 Å². The van der Waals surface area contributed by atoms with E-state index in [1.807, 2.05) is 19.2 Å². The van der Waals surface area contributed by atoms with Gasteiger partial charge in [0, 0.05) is 32.7 Å². The molecule has 24 heavy (non-hydrogen) atoms. The van der Waals surface area contributed by atoms with Crippen LogP contribution in [0.1, 0.15) is 31.2 Å². The Labute approximate surface area is 144 Å². The van der Waals surface area contributed by atoms with Gasteiger partial charge in [-0.25, -0.2) is 0 Å². The van der Waals surface area contributed by atoms with Gasteiger partial charge in [0.2, 0.25) is 0 Å². The first kappa shape index (κ1) is 16.9. The fourth-order valence-electron chi connectivity index (χ4n) is 4.10. The first-order valence-electron chi connectivity index (χ1n) is 9.02. The molecule has 0 spiro atoms. The third-order valence-electron chi connectivity index (χ3n) is 5.46. The number of likely N-dealkylation sites (tertiary alicyclic amines) is 1. The maximum Gasteiger partial charge on any atom is 0.193 e. The molecule has 2 aliphatic rings. The van der Waals surface area contributed by atoms with Crippen molar-refractivity contribution >= 4 is 5.96 Å². The second kappa shape index (κ2) is 7.77. The molecule has 1 aromatic rings. The normalized spacial score (nSPS) is 23.9. The highest BCUT2D eigenvalue weighted by molar-refractivity contribution is 5.80. The largest absolute Gasteiger partial charge is 0.508 e. The number of ether oxygens (including phenoxy) is 1. The second-order valence-electron chi connectivity index (χ2n) is 6.93. The van der Waals surface area contributed by atoms with Gasteiger partial charge in [-0.05, 0) is 42.7 Å². The minimum atomic E-state index is 0.290. The summed E-state index contributed by atoms with van der Waals surface area (Å²) in [6.07, 6.45) is 6.28. The van der Waals surface area contributed by atoms with Crippen LogP contribution in [0.3, 0.4) is 0 Å². The number of phenols is 1. The number of hydrogen-bond acceptors (Lipinski definition) is 3. The molecule has 1 saturated heterocycles. The lowest BCUT2D eigenvalue weighted by Crippen LogP contribution is -2.41. The van der Waals surface area contributed by atoms with Crippen LogP contribution in [-0.4, -0.2) is 49.8 Å². The topological polar surface area (TPSA) is 57.1 Å². The lowest BCUT2D eigenvalue weighted by Gasteiger charge is -2.22. The molecule has 1 aromatic carbocycles. The Bertz CT molecular complexity index is 574. The Morgan fingerprint density at radius 1 is 1.29 bits per heavy atom. The van der Waals surface area contributed by atoms with E-state index in [1.54, 1.807) is 13.2 Å². The summed E-state index contributed by atoms with van der Waals surface area (Å²) in [5, 5.41) is 13.5. The maximum absolute atomic E-state index is 10.0. The van der Waals surface area contributed by atoms with E-state index in [0.717, 1.165) is 49.4 Å². The molecule has 5 heteroatoms. The summed E-state index contributed by atoms with van der Waals surface area (Å²) in [5.74, 6) is 3.67. The van der Waals surface area contributed by atoms with Crippen molar-refractivity contribution in [3.05, 3.63) is 23.8 Å². The lowest BCUT2D eigenvalue weighted by atomic mass is 9.82. The number of aromatic hydroxyl groups is 1. The second-order valence-corrected chi connectivity index (χ2v) is 6.93. The van der Waals surface area contributed by atoms with Crippen molar-refractivity contribution in [3.8, 4) is 11.5 Å². The summed E-state index contributed by atoms with van der Waals surface area (Å²) in [6, 6.07) is 5.47. The van der Waals surface area contributed by atoms with Crippen LogP contribution in [-0.2, 0) is 6.42 Å². The first-order chi connectivity index (χ1) is 11.7. The molecule has 3 rings (SSSR count). The molecule has 2 N–H and O–H groups in total. The van der Waals surface area contributed by atoms with E-state index >= 15 is 0 Å². The van der Waals surface area contributed by atoms with Crippen molar-refractivity contribution in [1.29, 1.82) is 0 Å². The number of guanidine groups is 1. The van der Waals surface area contributed by atoms with Crippen LogP contribution in [0.15, 0.2) is 23.2 Å². The van der Waals surface area contributed by atoms with E-state index < -0.39 is 0 Å². The number of nitrogens with one attached hydrogen (secondary N) is 1. The highest BCUT2D eigenvalue weighted by Gasteiger charge is 2.35. The van der Waals surface area contributed by atoms with E-state index in [-0.39, 0.29) is 0 Å². The van der Waals surface area contributed by atoms with Crippen molar-refractivity contribution in [2.45, 2.75) is 32.1 Å². The number of hydrogen-bond donors (Lipinski definition) is 2. The lowest BCUT2D eigenvalue weighted by molar-refractivity contribution is 0.299. The van der Waals surface area contributed by atoms with Gasteiger partial charge in [-0.1, -0.05) is 18.9 Å². The molecule has 132 valence electrons. The van der Waals surface area contributed by atoms with Crippen LogP contribution in [0.4, 0.5) is 0 Å². The van der Waals surface area contributed by atoms with E-state index in [2.05, 4.69) is 15.2 Å². The molecule has 1 saturated carbocycles. The smallest absolute Gasteiger partial charge is 0.193 e. The van der Waals surface area contributed by atoms with Gasteiger partial charge in [0.1, 0.15) is 11.5 Å². The number of nitrogens with zero attached hydrogens (tertiary/aromatic N) is 2. The summed E-state index contributed by atoms with van der Waals surface area (Å²) < 4.78 is 5.12. The predicted octanol–water partition coefficient (Wildman–Crippen LogP) is 2.64. The molecule has 2 atom stereocenters. The Hall–Kier alpha value is -1.91. The molecule has 1 aliphatic carbocycles. The summed E-state index contributed by atoms with van der Waals surface area (Å²) in [6.45, 7) is 3.04. The predicted molar refractivity (Wildman–Crippen MR) is 96.7 cm³/mol. The van der Waals surface area contributed by atoms with Gasteiger partial charge in [-0.3, -0.25) is 4.99 Å². The number of phenolic OH excluding ortho intramolecular Hbond substituents is 1.